The number of rotatable bonds is 5. The number of carbonyl (C=O) groups is 1. The molecule has 2 aliphatic rings. The molecule has 178 valence electrons. The van der Waals surface area contributed by atoms with E-state index in [0.717, 1.165) is 37.5 Å². The average Bonchev–Trinajstić information content (AvgIpc) is 3.05. The van der Waals surface area contributed by atoms with Crippen molar-refractivity contribution in [2.24, 2.45) is 16.7 Å². The molecule has 4 N–H and O–H groups in total. The molecule has 2 saturated carbocycles. The molecule has 0 aliphatic heterocycles. The topological polar surface area (TPSA) is 89.8 Å². The number of fused-ring (bicyclic) bond motifs is 2. The number of anilines is 1. The first-order valence-electron chi connectivity index (χ1n) is 11.0. The molecule has 2 bridgehead atoms. The fourth-order valence-corrected chi connectivity index (χ4v) is 6.02. The SMILES string of the molecule is CC1(C)C2CCC1(C)C(c1c(NCc3cc(C(F)(F)F)ccc3O)ccc(C(=O)O)c1O)C2. The number of aromatic carboxylic acids is 1. The Labute approximate surface area is 190 Å². The Balaban J connectivity index is 1.74. The number of hydrogen-bond donors (Lipinski definition) is 4. The molecule has 33 heavy (non-hydrogen) atoms. The Morgan fingerprint density at radius 3 is 2.39 bits per heavy atom. The molecule has 2 aliphatic carbocycles. The lowest BCUT2D eigenvalue weighted by atomic mass is 9.64. The minimum absolute atomic E-state index is 0.0000861. The summed E-state index contributed by atoms with van der Waals surface area (Å²) in [6, 6.07) is 5.54. The summed E-state index contributed by atoms with van der Waals surface area (Å²) in [5, 5.41) is 33.7. The van der Waals surface area contributed by atoms with E-state index in [1.807, 2.05) is 0 Å². The Kier molecular flexibility index (Phi) is 5.34. The number of alkyl halides is 3. The van der Waals surface area contributed by atoms with Crippen LogP contribution in [0.4, 0.5) is 18.9 Å². The third-order valence-corrected chi connectivity index (χ3v) is 8.47. The minimum atomic E-state index is -4.54. The summed E-state index contributed by atoms with van der Waals surface area (Å²) < 4.78 is 39.3. The van der Waals surface area contributed by atoms with Crippen LogP contribution in [0.25, 0.3) is 0 Å². The molecular weight excluding hydrogens is 435 g/mol. The first-order valence-corrected chi connectivity index (χ1v) is 11.0. The van der Waals surface area contributed by atoms with Crippen LogP contribution in [-0.4, -0.2) is 21.3 Å². The molecule has 5 nitrogen and oxygen atoms in total. The van der Waals surface area contributed by atoms with E-state index >= 15 is 0 Å². The highest BCUT2D eigenvalue weighted by molar-refractivity contribution is 5.92. The second kappa shape index (κ2) is 7.57. The second-order valence-electron chi connectivity index (χ2n) is 10.1. The zero-order valence-electron chi connectivity index (χ0n) is 18.8. The van der Waals surface area contributed by atoms with Crippen molar-refractivity contribution >= 4 is 11.7 Å². The number of aromatic hydroxyl groups is 2. The van der Waals surface area contributed by atoms with Crippen LogP contribution in [-0.2, 0) is 12.7 Å². The lowest BCUT2D eigenvalue weighted by molar-refractivity contribution is -0.137. The van der Waals surface area contributed by atoms with Crippen LogP contribution in [0, 0.1) is 16.7 Å². The van der Waals surface area contributed by atoms with Crippen molar-refractivity contribution in [1.29, 1.82) is 0 Å². The number of phenols is 2. The summed E-state index contributed by atoms with van der Waals surface area (Å²) in [5.74, 6) is -1.51. The summed E-state index contributed by atoms with van der Waals surface area (Å²) in [7, 11) is 0. The van der Waals surface area contributed by atoms with Gasteiger partial charge in [-0.15, -0.1) is 0 Å². The van der Waals surface area contributed by atoms with Crippen molar-refractivity contribution in [3.05, 3.63) is 52.6 Å². The second-order valence-corrected chi connectivity index (χ2v) is 10.1. The molecule has 0 spiro atoms. The maximum absolute atomic E-state index is 13.1. The zero-order chi connectivity index (χ0) is 24.3. The average molecular weight is 463 g/mol. The van der Waals surface area contributed by atoms with E-state index in [1.165, 1.54) is 6.07 Å². The Morgan fingerprint density at radius 1 is 1.15 bits per heavy atom. The Morgan fingerprint density at radius 2 is 1.85 bits per heavy atom. The Bertz CT molecular complexity index is 1110. The summed E-state index contributed by atoms with van der Waals surface area (Å²) >= 11 is 0. The van der Waals surface area contributed by atoms with E-state index in [1.54, 1.807) is 6.07 Å². The summed E-state index contributed by atoms with van der Waals surface area (Å²) in [5.41, 5.74) is -0.244. The first-order chi connectivity index (χ1) is 15.3. The van der Waals surface area contributed by atoms with E-state index in [0.29, 0.717) is 17.2 Å². The van der Waals surface area contributed by atoms with Crippen molar-refractivity contribution in [3.8, 4) is 11.5 Å². The third kappa shape index (κ3) is 3.60. The molecule has 0 amide bonds. The number of halogens is 3. The van der Waals surface area contributed by atoms with Gasteiger partial charge in [0.25, 0.3) is 0 Å². The first kappa shape index (κ1) is 23.3. The van der Waals surface area contributed by atoms with Gasteiger partial charge in [0.15, 0.2) is 0 Å². The maximum Gasteiger partial charge on any atom is 0.416 e. The molecule has 3 unspecified atom stereocenters. The highest BCUT2D eigenvalue weighted by Crippen LogP contribution is 2.72. The number of phenolic OH excluding ortho intramolecular Hbond substituents is 1. The lowest BCUT2D eigenvalue weighted by Gasteiger charge is -2.40. The van der Waals surface area contributed by atoms with Crippen LogP contribution in [0.1, 0.15) is 73.0 Å². The largest absolute Gasteiger partial charge is 0.508 e. The van der Waals surface area contributed by atoms with Gasteiger partial charge in [0.05, 0.1) is 5.56 Å². The van der Waals surface area contributed by atoms with Gasteiger partial charge in [0.1, 0.15) is 17.1 Å². The molecule has 0 saturated heterocycles. The summed E-state index contributed by atoms with van der Waals surface area (Å²) in [6.45, 7) is 6.46. The number of benzene rings is 2. The van der Waals surface area contributed by atoms with Crippen LogP contribution < -0.4 is 5.32 Å². The van der Waals surface area contributed by atoms with Crippen LogP contribution in [0.5, 0.6) is 11.5 Å². The van der Waals surface area contributed by atoms with Gasteiger partial charge in [0.2, 0.25) is 0 Å². The molecular formula is C25H28F3NO4. The van der Waals surface area contributed by atoms with Crippen molar-refractivity contribution in [2.75, 3.05) is 5.32 Å². The quantitative estimate of drug-likeness (QED) is 0.415. The van der Waals surface area contributed by atoms with Gasteiger partial charge in [0, 0.05) is 23.4 Å². The molecule has 0 heterocycles. The van der Waals surface area contributed by atoms with Crippen LogP contribution in [0.2, 0.25) is 0 Å². The smallest absolute Gasteiger partial charge is 0.416 e. The van der Waals surface area contributed by atoms with Gasteiger partial charge in [-0.1, -0.05) is 20.8 Å². The van der Waals surface area contributed by atoms with Crippen molar-refractivity contribution in [3.63, 3.8) is 0 Å². The number of nitrogens with one attached hydrogen (secondary N) is 1. The highest BCUT2D eigenvalue weighted by atomic mass is 19.4. The summed E-state index contributed by atoms with van der Waals surface area (Å²) in [6.07, 6.45) is -1.73. The predicted octanol–water partition coefficient (Wildman–Crippen LogP) is 6.36. The lowest BCUT2D eigenvalue weighted by Crippen LogP contribution is -2.31. The zero-order valence-corrected chi connectivity index (χ0v) is 18.8. The molecule has 2 aromatic rings. The molecule has 0 radical (unpaired) electrons. The third-order valence-electron chi connectivity index (χ3n) is 8.47. The van der Waals surface area contributed by atoms with Crippen molar-refractivity contribution in [1.82, 2.24) is 0 Å². The predicted molar refractivity (Wildman–Crippen MR) is 117 cm³/mol. The van der Waals surface area contributed by atoms with Gasteiger partial charge in [-0.2, -0.15) is 13.2 Å². The molecule has 0 aromatic heterocycles. The molecule has 3 atom stereocenters. The normalized spacial score (nSPS) is 25.9. The van der Waals surface area contributed by atoms with Gasteiger partial charge in [-0.3, -0.25) is 0 Å². The number of carboxylic acids is 1. The van der Waals surface area contributed by atoms with Crippen LogP contribution in [0.3, 0.4) is 0 Å². The van der Waals surface area contributed by atoms with E-state index in [4.69, 9.17) is 0 Å². The van der Waals surface area contributed by atoms with E-state index in [2.05, 4.69) is 26.1 Å². The fraction of sp³-hybridized carbons (Fsp3) is 0.480. The number of carboxylic acid groups (broad SMARTS) is 1. The summed E-state index contributed by atoms with van der Waals surface area (Å²) in [4.78, 5) is 11.7. The fourth-order valence-electron chi connectivity index (χ4n) is 6.02. The molecule has 8 heteroatoms. The highest BCUT2D eigenvalue weighted by Gasteiger charge is 2.62. The van der Waals surface area contributed by atoms with E-state index in [9.17, 15) is 33.3 Å². The van der Waals surface area contributed by atoms with Crippen LogP contribution >= 0.6 is 0 Å². The van der Waals surface area contributed by atoms with Gasteiger partial charge in [-0.05, 0) is 72.3 Å². The van der Waals surface area contributed by atoms with Crippen LogP contribution in [0.15, 0.2) is 30.3 Å². The maximum atomic E-state index is 13.1. The minimum Gasteiger partial charge on any atom is -0.508 e. The molecule has 4 rings (SSSR count). The van der Waals surface area contributed by atoms with Crippen molar-refractivity contribution < 1.29 is 33.3 Å². The number of hydrogen-bond acceptors (Lipinski definition) is 4. The Hall–Kier alpha value is -2.90. The van der Waals surface area contributed by atoms with Gasteiger partial charge >= 0.3 is 12.1 Å². The molecule has 2 fully saturated rings. The van der Waals surface area contributed by atoms with E-state index < -0.39 is 17.7 Å². The molecule has 2 aromatic carbocycles. The van der Waals surface area contributed by atoms with E-state index in [-0.39, 0.29) is 45.9 Å². The standard InChI is InChI=1S/C25H28F3NO4/c1-23(2)14-8-9-24(23,3)17(11-14)20-18(6-5-16(21(20)31)22(32)33)29-12-13-10-15(25(26,27)28)4-7-19(13)30/h4-7,10,14,17,29-31H,8-9,11-12H2,1-3H3,(H,32,33). The van der Waals surface area contributed by atoms with Crippen molar-refractivity contribution in [2.45, 2.75) is 58.7 Å². The van der Waals surface area contributed by atoms with Gasteiger partial charge in [-0.25, -0.2) is 4.79 Å². The monoisotopic (exact) mass is 463 g/mol. The van der Waals surface area contributed by atoms with Gasteiger partial charge < -0.3 is 20.6 Å².